The fourth-order valence-electron chi connectivity index (χ4n) is 1.61. The summed E-state index contributed by atoms with van der Waals surface area (Å²) in [5, 5.41) is -0.191. The van der Waals surface area contributed by atoms with Gasteiger partial charge < -0.3 is 0 Å². The molecule has 0 saturated carbocycles. The molecule has 2 aromatic carbocycles. The van der Waals surface area contributed by atoms with Crippen molar-refractivity contribution in [3.05, 3.63) is 67.6 Å². The molecule has 0 heterocycles. The van der Waals surface area contributed by atoms with Crippen molar-refractivity contribution in [3.8, 4) is 0 Å². The predicted octanol–water partition coefficient (Wildman–Crippen LogP) is 6.36. The molecule has 2 aromatic rings. The molecule has 0 aliphatic rings. The Morgan fingerprint density at radius 2 is 1.58 bits per heavy atom. The van der Waals surface area contributed by atoms with Gasteiger partial charge in [0.2, 0.25) is 0 Å². The molecule has 6 heteroatoms. The third-order valence-electron chi connectivity index (χ3n) is 2.54. The van der Waals surface area contributed by atoms with Crippen LogP contribution in [0.25, 0.3) is 0 Å². The first-order valence-corrected chi connectivity index (χ1v) is 7.12. The van der Waals surface area contributed by atoms with Crippen LogP contribution in [0.4, 0.5) is 8.78 Å². The van der Waals surface area contributed by atoms with E-state index >= 15 is 0 Å². The highest BCUT2D eigenvalue weighted by atomic mass is 79.9. The Morgan fingerprint density at radius 3 is 2.26 bits per heavy atom. The third-order valence-corrected chi connectivity index (χ3v) is 4.30. The van der Waals surface area contributed by atoms with Crippen molar-refractivity contribution in [1.29, 1.82) is 0 Å². The van der Waals surface area contributed by atoms with Crippen molar-refractivity contribution in [1.82, 2.24) is 0 Å². The summed E-state index contributed by atoms with van der Waals surface area (Å²) in [4.78, 5) is 0. The Balaban J connectivity index is 2.52. The van der Waals surface area contributed by atoms with Gasteiger partial charge in [-0.3, -0.25) is 0 Å². The zero-order chi connectivity index (χ0) is 14.2. The number of halogens is 6. The lowest BCUT2D eigenvalue weighted by atomic mass is 10.0. The van der Waals surface area contributed by atoms with Gasteiger partial charge in [-0.05, 0) is 41.5 Å². The van der Waals surface area contributed by atoms with Gasteiger partial charge in [0.1, 0.15) is 0 Å². The highest BCUT2D eigenvalue weighted by molar-refractivity contribution is 9.10. The Labute approximate surface area is 132 Å². The van der Waals surface area contributed by atoms with Gasteiger partial charge in [0, 0.05) is 14.5 Å². The molecular weight excluding hydrogens is 380 g/mol. The number of hydrogen-bond donors (Lipinski definition) is 0. The molecule has 0 fully saturated rings. The van der Waals surface area contributed by atoms with Crippen LogP contribution in [-0.2, 0) is 0 Å². The van der Waals surface area contributed by atoms with Crippen molar-refractivity contribution >= 4 is 50.7 Å². The van der Waals surface area contributed by atoms with E-state index in [0.717, 1.165) is 12.1 Å². The van der Waals surface area contributed by atoms with Gasteiger partial charge in [-0.1, -0.05) is 39.1 Å². The van der Waals surface area contributed by atoms with Gasteiger partial charge in [-0.25, -0.2) is 8.78 Å². The Kier molecular flexibility index (Phi) is 4.72. The minimum absolute atomic E-state index is 0.0609. The molecule has 19 heavy (non-hydrogen) atoms. The van der Waals surface area contributed by atoms with Crippen LogP contribution in [0.2, 0.25) is 10.0 Å². The summed E-state index contributed by atoms with van der Waals surface area (Å²) in [6.07, 6.45) is 0. The summed E-state index contributed by atoms with van der Waals surface area (Å²) in [7, 11) is 0. The Morgan fingerprint density at radius 1 is 0.947 bits per heavy atom. The minimum atomic E-state index is -1.01. The van der Waals surface area contributed by atoms with Gasteiger partial charge in [0.05, 0.1) is 5.38 Å². The molecule has 0 amide bonds. The summed E-state index contributed by atoms with van der Waals surface area (Å²) in [6, 6.07) is 6.94. The molecule has 0 N–H and O–H groups in total. The van der Waals surface area contributed by atoms with Gasteiger partial charge in [-0.2, -0.15) is 0 Å². The zero-order valence-corrected chi connectivity index (χ0v) is 13.1. The van der Waals surface area contributed by atoms with Crippen LogP contribution in [0.1, 0.15) is 16.5 Å². The topological polar surface area (TPSA) is 0 Å². The van der Waals surface area contributed by atoms with E-state index in [4.69, 9.17) is 34.8 Å². The monoisotopic (exact) mass is 384 g/mol. The second kappa shape index (κ2) is 5.96. The number of alkyl halides is 1. The molecule has 1 atom stereocenters. The number of benzene rings is 2. The van der Waals surface area contributed by atoms with E-state index < -0.39 is 17.0 Å². The van der Waals surface area contributed by atoms with Crippen LogP contribution < -0.4 is 0 Å². The summed E-state index contributed by atoms with van der Waals surface area (Å²) >= 11 is 21.4. The van der Waals surface area contributed by atoms with Gasteiger partial charge in [0.15, 0.2) is 11.6 Å². The van der Waals surface area contributed by atoms with Crippen LogP contribution in [-0.4, -0.2) is 0 Å². The highest BCUT2D eigenvalue weighted by Gasteiger charge is 2.19. The normalized spacial score (nSPS) is 12.5. The smallest absolute Gasteiger partial charge is 0.160 e. The maximum Gasteiger partial charge on any atom is 0.160 e. The molecule has 0 nitrogen and oxygen atoms in total. The molecule has 0 aromatic heterocycles. The zero-order valence-electron chi connectivity index (χ0n) is 9.23. The third kappa shape index (κ3) is 3.22. The van der Waals surface area contributed by atoms with Crippen LogP contribution >= 0.6 is 50.7 Å². The lowest BCUT2D eigenvalue weighted by Gasteiger charge is -2.14. The predicted molar refractivity (Wildman–Crippen MR) is 78.2 cm³/mol. The first-order chi connectivity index (χ1) is 8.90. The summed E-state index contributed by atoms with van der Waals surface area (Å²) in [5.41, 5.74) is 0.910. The van der Waals surface area contributed by atoms with E-state index in [1.54, 1.807) is 18.2 Å². The molecule has 2 rings (SSSR count). The first-order valence-electron chi connectivity index (χ1n) is 5.13. The SMILES string of the molecule is Fc1cc(Cl)c(C(Cl)c2cc(Cl)ccc2Br)cc1F. The van der Waals surface area contributed by atoms with Gasteiger partial charge >= 0.3 is 0 Å². The number of hydrogen-bond acceptors (Lipinski definition) is 0. The molecule has 0 bridgehead atoms. The molecule has 0 aliphatic heterocycles. The van der Waals surface area contributed by atoms with Crippen LogP contribution in [0.15, 0.2) is 34.8 Å². The quantitative estimate of drug-likeness (QED) is 0.416. The second-order valence-corrected chi connectivity index (χ2v) is 5.95. The van der Waals surface area contributed by atoms with E-state index in [0.29, 0.717) is 15.1 Å². The van der Waals surface area contributed by atoms with E-state index in [1.165, 1.54) is 0 Å². The minimum Gasteiger partial charge on any atom is -0.204 e. The Bertz CT molecular complexity index is 632. The fraction of sp³-hybridized carbons (Fsp3) is 0.0769. The van der Waals surface area contributed by atoms with Crippen molar-refractivity contribution < 1.29 is 8.78 Å². The molecule has 0 saturated heterocycles. The standard InChI is InChI=1S/C13H6BrCl3F2/c14-9-2-1-6(15)3-7(9)13(17)8-4-11(18)12(19)5-10(8)16/h1-5,13H. The molecule has 100 valence electrons. The first kappa shape index (κ1) is 15.0. The lowest BCUT2D eigenvalue weighted by molar-refractivity contribution is 0.507. The van der Waals surface area contributed by atoms with Crippen LogP contribution in [0, 0.1) is 11.6 Å². The maximum absolute atomic E-state index is 13.3. The maximum atomic E-state index is 13.3. The van der Waals surface area contributed by atoms with E-state index in [-0.39, 0.29) is 10.6 Å². The second-order valence-electron chi connectivity index (χ2n) is 3.82. The van der Waals surface area contributed by atoms with E-state index in [1.807, 2.05) is 0 Å². The molecule has 0 radical (unpaired) electrons. The average Bonchev–Trinajstić information content (AvgIpc) is 2.36. The van der Waals surface area contributed by atoms with Crippen molar-refractivity contribution in [2.45, 2.75) is 5.38 Å². The molecule has 0 aliphatic carbocycles. The van der Waals surface area contributed by atoms with Crippen molar-refractivity contribution in [2.75, 3.05) is 0 Å². The molecule has 1 unspecified atom stereocenters. The Hall–Kier alpha value is -0.350. The van der Waals surface area contributed by atoms with Crippen molar-refractivity contribution in [3.63, 3.8) is 0 Å². The summed E-state index contributed by atoms with van der Waals surface area (Å²) in [6.45, 7) is 0. The summed E-state index contributed by atoms with van der Waals surface area (Å²) < 4.78 is 27.0. The molecule has 0 spiro atoms. The summed E-state index contributed by atoms with van der Waals surface area (Å²) in [5.74, 6) is -2.01. The van der Waals surface area contributed by atoms with Gasteiger partial charge in [0.25, 0.3) is 0 Å². The largest absolute Gasteiger partial charge is 0.204 e. The highest BCUT2D eigenvalue weighted by Crippen LogP contribution is 2.38. The van der Waals surface area contributed by atoms with Crippen LogP contribution in [0.5, 0.6) is 0 Å². The fourth-order valence-corrected chi connectivity index (χ4v) is 3.07. The van der Waals surface area contributed by atoms with E-state index in [2.05, 4.69) is 15.9 Å². The lowest BCUT2D eigenvalue weighted by Crippen LogP contribution is -1.98. The molecular formula is C13H6BrCl3F2. The number of rotatable bonds is 2. The van der Waals surface area contributed by atoms with Crippen molar-refractivity contribution in [2.24, 2.45) is 0 Å². The van der Waals surface area contributed by atoms with Gasteiger partial charge in [-0.15, -0.1) is 11.6 Å². The average molecular weight is 386 g/mol. The van der Waals surface area contributed by atoms with E-state index in [9.17, 15) is 8.78 Å². The van der Waals surface area contributed by atoms with Crippen LogP contribution in [0.3, 0.4) is 0 Å².